The molecular weight excluding hydrogens is 356 g/mol. The number of benzene rings is 2. The van der Waals surface area contributed by atoms with E-state index in [9.17, 15) is 0 Å². The van der Waals surface area contributed by atoms with Crippen LogP contribution >= 0.6 is 23.8 Å². The van der Waals surface area contributed by atoms with E-state index in [1.54, 1.807) is 10.8 Å². The maximum absolute atomic E-state index is 6.30. The zero-order chi connectivity index (χ0) is 17.2. The smallest absolute Gasteiger partial charge is 0.200 e. The number of H-pyrrole nitrogens is 1. The van der Waals surface area contributed by atoms with Crippen LogP contribution in [0.4, 0.5) is 0 Å². The Balaban J connectivity index is 1.69. The van der Waals surface area contributed by atoms with Crippen molar-refractivity contribution < 1.29 is 4.74 Å². The average Bonchev–Trinajstić information content (AvgIpc) is 3.01. The van der Waals surface area contributed by atoms with E-state index in [0.717, 1.165) is 16.6 Å². The van der Waals surface area contributed by atoms with Crippen molar-refractivity contribution in [2.24, 2.45) is 0 Å². The van der Waals surface area contributed by atoms with E-state index in [4.69, 9.17) is 28.6 Å². The summed E-state index contributed by atoms with van der Waals surface area (Å²) < 4.78 is 8.20. The number of nitrogens with zero attached hydrogens (tertiary/aromatic N) is 3. The standard InChI is InChI=1S/C18H13ClN4OS/c19-13-7-1-2-8-14(13)23-16(21-22-18(23)25)11-24-15-9-3-5-12-6-4-10-20-17(12)15/h1-10H,11H2,(H,22,25). The number of hydrogen-bond donors (Lipinski definition) is 1. The van der Waals surface area contributed by atoms with Crippen LogP contribution in [-0.4, -0.2) is 19.7 Å². The highest BCUT2D eigenvalue weighted by Crippen LogP contribution is 2.25. The van der Waals surface area contributed by atoms with Gasteiger partial charge in [-0.2, -0.15) is 5.10 Å². The lowest BCUT2D eigenvalue weighted by Gasteiger charge is -2.11. The number of aromatic nitrogens is 4. The minimum atomic E-state index is 0.230. The van der Waals surface area contributed by atoms with Gasteiger partial charge in [-0.25, -0.2) is 0 Å². The maximum atomic E-state index is 6.30. The van der Waals surface area contributed by atoms with Crippen LogP contribution in [0.3, 0.4) is 0 Å². The molecule has 0 aliphatic rings. The van der Waals surface area contributed by atoms with Crippen molar-refractivity contribution in [2.45, 2.75) is 6.61 Å². The van der Waals surface area contributed by atoms with Crippen molar-refractivity contribution in [3.05, 3.63) is 76.4 Å². The zero-order valence-electron chi connectivity index (χ0n) is 13.0. The molecule has 0 aliphatic carbocycles. The Bertz CT molecular complexity index is 1100. The molecule has 5 nitrogen and oxygen atoms in total. The molecule has 0 bridgehead atoms. The number of aromatic amines is 1. The highest BCUT2D eigenvalue weighted by atomic mass is 35.5. The molecule has 25 heavy (non-hydrogen) atoms. The Kier molecular flexibility index (Phi) is 4.21. The number of ether oxygens (including phenoxy) is 1. The third-order valence-electron chi connectivity index (χ3n) is 3.79. The number of fused-ring (bicyclic) bond motifs is 1. The third kappa shape index (κ3) is 3.01. The lowest BCUT2D eigenvalue weighted by Crippen LogP contribution is -2.06. The number of nitrogens with one attached hydrogen (secondary N) is 1. The first kappa shape index (κ1) is 15.8. The van der Waals surface area contributed by atoms with Crippen molar-refractivity contribution in [3.63, 3.8) is 0 Å². The normalized spacial score (nSPS) is 10.9. The highest BCUT2D eigenvalue weighted by Gasteiger charge is 2.12. The van der Waals surface area contributed by atoms with Crippen LogP contribution in [-0.2, 0) is 6.61 Å². The van der Waals surface area contributed by atoms with Crippen molar-refractivity contribution in [2.75, 3.05) is 0 Å². The molecule has 0 aliphatic heterocycles. The number of rotatable bonds is 4. The van der Waals surface area contributed by atoms with Crippen LogP contribution in [0, 0.1) is 4.77 Å². The number of hydrogen-bond acceptors (Lipinski definition) is 4. The Morgan fingerprint density at radius 3 is 2.80 bits per heavy atom. The van der Waals surface area contributed by atoms with E-state index in [-0.39, 0.29) is 6.61 Å². The van der Waals surface area contributed by atoms with Gasteiger partial charge in [0.2, 0.25) is 0 Å². The van der Waals surface area contributed by atoms with E-state index in [2.05, 4.69) is 15.2 Å². The van der Waals surface area contributed by atoms with Gasteiger partial charge in [0, 0.05) is 11.6 Å². The molecule has 7 heteroatoms. The molecule has 2 aromatic heterocycles. The quantitative estimate of drug-likeness (QED) is 0.530. The predicted octanol–water partition coefficient (Wildman–Crippen LogP) is 4.71. The fraction of sp³-hybridized carbons (Fsp3) is 0.0556. The largest absolute Gasteiger partial charge is 0.483 e. The Morgan fingerprint density at radius 2 is 1.92 bits per heavy atom. The first-order chi connectivity index (χ1) is 12.2. The SMILES string of the molecule is S=c1[nH]nc(COc2cccc3cccnc23)n1-c1ccccc1Cl. The summed E-state index contributed by atoms with van der Waals surface area (Å²) in [7, 11) is 0. The Labute approximate surface area is 153 Å². The lowest BCUT2D eigenvalue weighted by molar-refractivity contribution is 0.296. The third-order valence-corrected chi connectivity index (χ3v) is 4.38. The summed E-state index contributed by atoms with van der Waals surface area (Å²) in [6.07, 6.45) is 1.75. The number of pyridine rings is 1. The molecule has 4 aromatic rings. The number of halogens is 1. The fourth-order valence-electron chi connectivity index (χ4n) is 2.64. The fourth-order valence-corrected chi connectivity index (χ4v) is 3.11. The van der Waals surface area contributed by atoms with Crippen LogP contribution in [0.15, 0.2) is 60.8 Å². The summed E-state index contributed by atoms with van der Waals surface area (Å²) in [6, 6.07) is 17.2. The zero-order valence-corrected chi connectivity index (χ0v) is 14.6. The van der Waals surface area contributed by atoms with E-state index in [0.29, 0.717) is 21.4 Å². The predicted molar refractivity (Wildman–Crippen MR) is 99.8 cm³/mol. The molecule has 0 amide bonds. The van der Waals surface area contributed by atoms with E-state index in [1.807, 2.05) is 54.6 Å². The molecule has 0 saturated heterocycles. The maximum Gasteiger partial charge on any atom is 0.200 e. The topological polar surface area (TPSA) is 55.7 Å². The van der Waals surface area contributed by atoms with E-state index < -0.39 is 0 Å². The molecule has 2 heterocycles. The van der Waals surface area contributed by atoms with Crippen LogP contribution in [0.2, 0.25) is 5.02 Å². The van der Waals surface area contributed by atoms with Crippen molar-refractivity contribution in [1.82, 2.24) is 19.7 Å². The lowest BCUT2D eigenvalue weighted by atomic mass is 10.2. The minimum absolute atomic E-state index is 0.230. The molecule has 1 N–H and O–H groups in total. The summed E-state index contributed by atoms with van der Waals surface area (Å²) in [6.45, 7) is 0.230. The van der Waals surface area contributed by atoms with Gasteiger partial charge in [-0.15, -0.1) is 0 Å². The molecule has 0 spiro atoms. The summed E-state index contributed by atoms with van der Waals surface area (Å²) in [5, 5.41) is 8.68. The first-order valence-electron chi connectivity index (χ1n) is 7.62. The van der Waals surface area contributed by atoms with Crippen LogP contribution < -0.4 is 4.74 Å². The second kappa shape index (κ2) is 6.66. The molecule has 124 valence electrons. The summed E-state index contributed by atoms with van der Waals surface area (Å²) in [5.41, 5.74) is 1.57. The molecule has 0 unspecified atom stereocenters. The highest BCUT2D eigenvalue weighted by molar-refractivity contribution is 7.71. The van der Waals surface area contributed by atoms with Crippen molar-refractivity contribution >= 4 is 34.7 Å². The average molecular weight is 369 g/mol. The number of para-hydroxylation sites is 2. The van der Waals surface area contributed by atoms with Crippen molar-refractivity contribution in [1.29, 1.82) is 0 Å². The van der Waals surface area contributed by atoms with E-state index >= 15 is 0 Å². The molecule has 2 aromatic carbocycles. The summed E-state index contributed by atoms with van der Waals surface area (Å²) >= 11 is 11.6. The summed E-state index contributed by atoms with van der Waals surface area (Å²) in [4.78, 5) is 4.39. The molecule has 0 fully saturated rings. The van der Waals surface area contributed by atoms with Gasteiger partial charge in [-0.05, 0) is 36.5 Å². The van der Waals surface area contributed by atoms with Gasteiger partial charge in [-0.1, -0.05) is 41.9 Å². The van der Waals surface area contributed by atoms with Gasteiger partial charge in [0.15, 0.2) is 10.6 Å². The second-order valence-corrected chi connectivity index (χ2v) is 6.15. The Hall–Kier alpha value is -2.70. The molecule has 0 atom stereocenters. The van der Waals surface area contributed by atoms with Gasteiger partial charge in [-0.3, -0.25) is 14.6 Å². The molecular formula is C18H13ClN4OS. The molecule has 0 saturated carbocycles. The van der Waals surface area contributed by atoms with Crippen LogP contribution in [0.5, 0.6) is 5.75 Å². The van der Waals surface area contributed by atoms with Gasteiger partial charge in [0.1, 0.15) is 17.9 Å². The van der Waals surface area contributed by atoms with Crippen molar-refractivity contribution in [3.8, 4) is 11.4 Å². The van der Waals surface area contributed by atoms with Gasteiger partial charge >= 0.3 is 0 Å². The van der Waals surface area contributed by atoms with E-state index in [1.165, 1.54) is 0 Å². The molecule has 4 rings (SSSR count). The van der Waals surface area contributed by atoms with Crippen LogP contribution in [0.25, 0.3) is 16.6 Å². The minimum Gasteiger partial charge on any atom is -0.483 e. The Morgan fingerprint density at radius 1 is 1.08 bits per heavy atom. The summed E-state index contributed by atoms with van der Waals surface area (Å²) in [5.74, 6) is 1.32. The van der Waals surface area contributed by atoms with Gasteiger partial charge in [0.05, 0.1) is 10.7 Å². The molecule has 0 radical (unpaired) electrons. The first-order valence-corrected chi connectivity index (χ1v) is 8.40. The van der Waals surface area contributed by atoms with Gasteiger partial charge < -0.3 is 4.74 Å². The van der Waals surface area contributed by atoms with Crippen LogP contribution in [0.1, 0.15) is 5.82 Å². The second-order valence-electron chi connectivity index (χ2n) is 5.35. The monoisotopic (exact) mass is 368 g/mol. The van der Waals surface area contributed by atoms with Gasteiger partial charge in [0.25, 0.3) is 0 Å².